The molecule has 0 saturated heterocycles. The molecular formula is C42H43FO. The SMILES string of the molecule is CCCCCc1ccc(-c2ccc3cc(CCc4cc(C)c(C#Cc5ccc(OCCCC)cc5)cc4F)ccc3c2)cc1. The van der Waals surface area contributed by atoms with Crippen LogP contribution in [-0.2, 0) is 19.3 Å². The molecule has 224 valence electrons. The second-order valence-electron chi connectivity index (χ2n) is 11.8. The number of fused-ring (bicyclic) bond motifs is 1. The molecule has 0 radical (unpaired) electrons. The number of ether oxygens (including phenoxy) is 1. The zero-order valence-electron chi connectivity index (χ0n) is 26.4. The van der Waals surface area contributed by atoms with Crippen LogP contribution in [-0.4, -0.2) is 6.61 Å². The van der Waals surface area contributed by atoms with Gasteiger partial charge in [-0.05, 0) is 120 Å². The maximum Gasteiger partial charge on any atom is 0.127 e. The Morgan fingerprint density at radius 3 is 2.09 bits per heavy atom. The van der Waals surface area contributed by atoms with Gasteiger partial charge in [-0.25, -0.2) is 4.39 Å². The maximum atomic E-state index is 15.1. The molecule has 0 aliphatic heterocycles. The lowest BCUT2D eigenvalue weighted by Gasteiger charge is -2.09. The molecule has 44 heavy (non-hydrogen) atoms. The highest BCUT2D eigenvalue weighted by molar-refractivity contribution is 5.88. The van der Waals surface area contributed by atoms with Crippen molar-refractivity contribution < 1.29 is 9.13 Å². The van der Waals surface area contributed by atoms with Gasteiger partial charge in [0.05, 0.1) is 6.61 Å². The second kappa shape index (κ2) is 15.4. The molecular weight excluding hydrogens is 539 g/mol. The summed E-state index contributed by atoms with van der Waals surface area (Å²) >= 11 is 0. The molecule has 1 nitrogen and oxygen atoms in total. The largest absolute Gasteiger partial charge is 0.494 e. The van der Waals surface area contributed by atoms with Crippen molar-refractivity contribution in [2.24, 2.45) is 0 Å². The Morgan fingerprint density at radius 2 is 1.32 bits per heavy atom. The first-order valence-electron chi connectivity index (χ1n) is 16.2. The third kappa shape index (κ3) is 8.39. The van der Waals surface area contributed by atoms with E-state index in [4.69, 9.17) is 4.74 Å². The number of aryl methyl sites for hydroxylation is 4. The van der Waals surface area contributed by atoms with E-state index in [0.717, 1.165) is 60.3 Å². The molecule has 0 aromatic heterocycles. The van der Waals surface area contributed by atoms with Crippen LogP contribution in [0, 0.1) is 24.6 Å². The third-order valence-electron chi connectivity index (χ3n) is 8.30. The van der Waals surface area contributed by atoms with Crippen LogP contribution in [0.3, 0.4) is 0 Å². The predicted molar refractivity (Wildman–Crippen MR) is 184 cm³/mol. The molecule has 0 heterocycles. The zero-order valence-corrected chi connectivity index (χ0v) is 26.4. The van der Waals surface area contributed by atoms with Gasteiger partial charge >= 0.3 is 0 Å². The van der Waals surface area contributed by atoms with Crippen molar-refractivity contribution in [2.75, 3.05) is 6.61 Å². The maximum absolute atomic E-state index is 15.1. The standard InChI is InChI=1S/C42H43FO/c1-4-6-8-9-32-10-17-35(18-11-32)38-23-22-37-28-34(13-20-39(37)29-38)14-21-40-27-31(3)36(30-42(40)43)19-12-33-15-24-41(25-16-33)44-26-7-5-2/h10-11,13,15-18,20,22-25,27-30H,4-9,14,21,26H2,1-3H3. The van der Waals surface area contributed by atoms with Crippen molar-refractivity contribution in [3.05, 3.63) is 136 Å². The number of halogens is 1. The Morgan fingerprint density at radius 1 is 0.614 bits per heavy atom. The monoisotopic (exact) mass is 582 g/mol. The Kier molecular flexibility index (Phi) is 10.9. The quantitative estimate of drug-likeness (QED) is 0.105. The van der Waals surface area contributed by atoms with Crippen LogP contribution in [0.4, 0.5) is 4.39 Å². The topological polar surface area (TPSA) is 9.23 Å². The molecule has 0 saturated carbocycles. The van der Waals surface area contributed by atoms with Gasteiger partial charge in [-0.15, -0.1) is 0 Å². The first-order chi connectivity index (χ1) is 21.5. The predicted octanol–water partition coefficient (Wildman–Crippen LogP) is 11.1. The van der Waals surface area contributed by atoms with Gasteiger partial charge in [0.15, 0.2) is 0 Å². The minimum Gasteiger partial charge on any atom is -0.494 e. The molecule has 0 fully saturated rings. The highest BCUT2D eigenvalue weighted by Gasteiger charge is 2.08. The Hall–Kier alpha value is -4.35. The number of unbranched alkanes of at least 4 members (excludes halogenated alkanes) is 3. The Bertz CT molecular complexity index is 1740. The van der Waals surface area contributed by atoms with Crippen molar-refractivity contribution in [1.82, 2.24) is 0 Å². The number of rotatable bonds is 12. The average molecular weight is 583 g/mol. The van der Waals surface area contributed by atoms with Crippen LogP contribution in [0.5, 0.6) is 5.75 Å². The minimum atomic E-state index is -0.193. The molecule has 0 aliphatic carbocycles. The number of hydrogen-bond donors (Lipinski definition) is 0. The van der Waals surface area contributed by atoms with Gasteiger partial charge in [0, 0.05) is 11.1 Å². The third-order valence-corrected chi connectivity index (χ3v) is 8.30. The first-order valence-corrected chi connectivity index (χ1v) is 16.2. The molecule has 0 aliphatic rings. The van der Waals surface area contributed by atoms with Gasteiger partial charge in [0.1, 0.15) is 11.6 Å². The number of benzene rings is 5. The molecule has 5 aromatic carbocycles. The molecule has 0 unspecified atom stereocenters. The van der Waals surface area contributed by atoms with Gasteiger partial charge in [0.2, 0.25) is 0 Å². The molecule has 5 aromatic rings. The summed E-state index contributed by atoms with van der Waals surface area (Å²) in [7, 11) is 0. The summed E-state index contributed by atoms with van der Waals surface area (Å²) in [6, 6.07) is 33.6. The lowest BCUT2D eigenvalue weighted by Crippen LogP contribution is -1.98. The van der Waals surface area contributed by atoms with Crippen LogP contribution in [0.2, 0.25) is 0 Å². The summed E-state index contributed by atoms with van der Waals surface area (Å²) in [5.74, 6) is 6.99. The van der Waals surface area contributed by atoms with E-state index < -0.39 is 0 Å². The fraction of sp³-hybridized carbons (Fsp3) is 0.286. The van der Waals surface area contributed by atoms with Crippen molar-refractivity contribution >= 4 is 10.8 Å². The minimum absolute atomic E-state index is 0.193. The molecule has 0 N–H and O–H groups in total. The van der Waals surface area contributed by atoms with Gasteiger partial charge in [0.25, 0.3) is 0 Å². The van der Waals surface area contributed by atoms with E-state index in [1.165, 1.54) is 52.3 Å². The smallest absolute Gasteiger partial charge is 0.127 e. The van der Waals surface area contributed by atoms with Crippen LogP contribution in [0.15, 0.2) is 97.1 Å². The fourth-order valence-electron chi connectivity index (χ4n) is 5.53. The van der Waals surface area contributed by atoms with Crippen molar-refractivity contribution in [2.45, 2.75) is 72.1 Å². The second-order valence-corrected chi connectivity index (χ2v) is 11.8. The summed E-state index contributed by atoms with van der Waals surface area (Å²) in [5, 5.41) is 2.44. The first kappa shape index (κ1) is 31.1. The van der Waals surface area contributed by atoms with Crippen LogP contribution >= 0.6 is 0 Å². The highest BCUT2D eigenvalue weighted by Crippen LogP contribution is 2.27. The van der Waals surface area contributed by atoms with Crippen molar-refractivity contribution in [1.29, 1.82) is 0 Å². The van der Waals surface area contributed by atoms with Gasteiger partial charge < -0.3 is 4.74 Å². The van der Waals surface area contributed by atoms with E-state index in [1.54, 1.807) is 6.07 Å². The van der Waals surface area contributed by atoms with Crippen molar-refractivity contribution in [3.63, 3.8) is 0 Å². The normalized spacial score (nSPS) is 10.9. The molecule has 0 bridgehead atoms. The highest BCUT2D eigenvalue weighted by atomic mass is 19.1. The summed E-state index contributed by atoms with van der Waals surface area (Å²) in [4.78, 5) is 0. The molecule has 0 amide bonds. The van der Waals surface area contributed by atoms with E-state index in [0.29, 0.717) is 6.42 Å². The number of hydrogen-bond acceptors (Lipinski definition) is 1. The van der Waals surface area contributed by atoms with E-state index in [2.05, 4.69) is 86.4 Å². The summed E-state index contributed by atoms with van der Waals surface area (Å²) in [5.41, 5.74) is 8.45. The fourth-order valence-corrected chi connectivity index (χ4v) is 5.53. The van der Waals surface area contributed by atoms with E-state index in [9.17, 15) is 0 Å². The van der Waals surface area contributed by atoms with Crippen LogP contribution < -0.4 is 4.74 Å². The van der Waals surface area contributed by atoms with E-state index in [-0.39, 0.29) is 5.82 Å². The summed E-state index contributed by atoms with van der Waals surface area (Å²) in [6.07, 6.45) is 8.53. The Labute approximate surface area is 263 Å². The Balaban J connectivity index is 1.21. The van der Waals surface area contributed by atoms with Crippen LogP contribution in [0.1, 0.15) is 79.3 Å². The van der Waals surface area contributed by atoms with Gasteiger partial charge in [-0.2, -0.15) is 0 Å². The molecule has 2 heteroatoms. The lowest BCUT2D eigenvalue weighted by atomic mass is 9.96. The van der Waals surface area contributed by atoms with E-state index >= 15 is 4.39 Å². The lowest BCUT2D eigenvalue weighted by molar-refractivity contribution is 0.309. The average Bonchev–Trinajstić information content (AvgIpc) is 3.05. The molecule has 0 spiro atoms. The van der Waals surface area contributed by atoms with Crippen LogP contribution in [0.25, 0.3) is 21.9 Å². The molecule has 5 rings (SSSR count). The zero-order chi connectivity index (χ0) is 30.7. The molecule has 0 atom stereocenters. The van der Waals surface area contributed by atoms with E-state index in [1.807, 2.05) is 37.3 Å². The van der Waals surface area contributed by atoms with Gasteiger partial charge in [-0.3, -0.25) is 0 Å². The summed E-state index contributed by atoms with van der Waals surface area (Å²) < 4.78 is 20.9. The van der Waals surface area contributed by atoms with Crippen molar-refractivity contribution in [3.8, 4) is 28.7 Å². The summed E-state index contributed by atoms with van der Waals surface area (Å²) in [6.45, 7) is 7.12. The van der Waals surface area contributed by atoms with Gasteiger partial charge in [-0.1, -0.05) is 106 Å².